The number of carbonyl (C=O) groups is 1. The number of esters is 1. The van der Waals surface area contributed by atoms with E-state index in [1.807, 2.05) is 0 Å². The molecule has 2 fully saturated rings. The third-order valence-electron chi connectivity index (χ3n) is 4.15. The Bertz CT molecular complexity index is 583. The van der Waals surface area contributed by atoms with Crippen LogP contribution in [0.3, 0.4) is 0 Å². The molecular formula is C16H19F2NO3. The Morgan fingerprint density at radius 3 is 2.68 bits per heavy atom. The number of ether oxygens (including phenoxy) is 2. The number of benzene rings is 1. The van der Waals surface area contributed by atoms with Gasteiger partial charge in [0.05, 0.1) is 25.9 Å². The van der Waals surface area contributed by atoms with Crippen molar-refractivity contribution in [2.24, 2.45) is 0 Å². The van der Waals surface area contributed by atoms with Crippen LogP contribution in [0.2, 0.25) is 0 Å². The van der Waals surface area contributed by atoms with Gasteiger partial charge in [0.15, 0.2) is 5.67 Å². The van der Waals surface area contributed by atoms with Gasteiger partial charge in [-0.2, -0.15) is 0 Å². The molecule has 1 saturated heterocycles. The molecule has 0 unspecified atom stereocenters. The van der Waals surface area contributed by atoms with E-state index in [4.69, 9.17) is 4.74 Å². The molecule has 1 heterocycles. The second-order valence-electron chi connectivity index (χ2n) is 6.04. The third-order valence-corrected chi connectivity index (χ3v) is 4.15. The molecule has 1 aliphatic carbocycles. The fourth-order valence-corrected chi connectivity index (χ4v) is 2.64. The van der Waals surface area contributed by atoms with Crippen molar-refractivity contribution in [2.75, 3.05) is 26.8 Å². The standard InChI is InChI=1S/C16H19F2NO3/c1-21-15(20)13-5-12(10-2-3-10)11(4-14(13)17)6-22-9-16(18)7-19-8-16/h4-5,10,19H,2-3,6-9H2,1H3. The number of hydrogen-bond donors (Lipinski definition) is 1. The predicted octanol–water partition coefficient (Wildman–Crippen LogP) is 2.32. The van der Waals surface area contributed by atoms with Gasteiger partial charge in [0.25, 0.3) is 0 Å². The summed E-state index contributed by atoms with van der Waals surface area (Å²) in [5.41, 5.74) is 0.216. The van der Waals surface area contributed by atoms with Gasteiger partial charge in [0.1, 0.15) is 5.82 Å². The summed E-state index contributed by atoms with van der Waals surface area (Å²) in [4.78, 5) is 11.6. The van der Waals surface area contributed by atoms with Crippen LogP contribution in [0.4, 0.5) is 8.78 Å². The second-order valence-corrected chi connectivity index (χ2v) is 6.04. The summed E-state index contributed by atoms with van der Waals surface area (Å²) < 4.78 is 37.9. The first-order valence-corrected chi connectivity index (χ1v) is 7.40. The zero-order chi connectivity index (χ0) is 15.7. The van der Waals surface area contributed by atoms with Crippen molar-refractivity contribution in [3.05, 3.63) is 34.6 Å². The lowest BCUT2D eigenvalue weighted by Gasteiger charge is -2.34. The molecule has 0 aromatic heterocycles. The van der Waals surface area contributed by atoms with Crippen molar-refractivity contribution < 1.29 is 23.0 Å². The van der Waals surface area contributed by atoms with Crippen LogP contribution in [0.1, 0.15) is 40.2 Å². The SMILES string of the molecule is COC(=O)c1cc(C2CC2)c(COCC2(F)CNC2)cc1F. The van der Waals surface area contributed by atoms with Gasteiger partial charge >= 0.3 is 5.97 Å². The molecule has 1 aliphatic heterocycles. The van der Waals surface area contributed by atoms with Gasteiger partial charge in [0, 0.05) is 13.1 Å². The number of hydrogen-bond acceptors (Lipinski definition) is 4. The molecule has 1 saturated carbocycles. The number of rotatable bonds is 6. The van der Waals surface area contributed by atoms with Crippen molar-refractivity contribution >= 4 is 5.97 Å². The largest absolute Gasteiger partial charge is 0.465 e. The highest BCUT2D eigenvalue weighted by molar-refractivity contribution is 5.90. The van der Waals surface area contributed by atoms with Crippen molar-refractivity contribution in [3.63, 3.8) is 0 Å². The van der Waals surface area contributed by atoms with Crippen LogP contribution in [-0.4, -0.2) is 38.4 Å². The van der Waals surface area contributed by atoms with E-state index in [1.165, 1.54) is 13.2 Å². The van der Waals surface area contributed by atoms with E-state index < -0.39 is 17.5 Å². The van der Waals surface area contributed by atoms with Gasteiger partial charge in [-0.25, -0.2) is 13.6 Å². The Labute approximate surface area is 127 Å². The summed E-state index contributed by atoms with van der Waals surface area (Å²) >= 11 is 0. The molecule has 2 aliphatic rings. The van der Waals surface area contributed by atoms with Crippen LogP contribution in [0.15, 0.2) is 12.1 Å². The van der Waals surface area contributed by atoms with Crippen LogP contribution in [-0.2, 0) is 16.1 Å². The zero-order valence-electron chi connectivity index (χ0n) is 12.5. The quantitative estimate of drug-likeness (QED) is 0.819. The van der Waals surface area contributed by atoms with E-state index in [-0.39, 0.29) is 31.9 Å². The predicted molar refractivity (Wildman–Crippen MR) is 76.1 cm³/mol. The molecule has 0 radical (unpaired) electrons. The molecule has 0 bridgehead atoms. The first-order valence-electron chi connectivity index (χ1n) is 7.40. The summed E-state index contributed by atoms with van der Waals surface area (Å²) in [6.45, 7) is 0.719. The summed E-state index contributed by atoms with van der Waals surface area (Å²) in [5, 5.41) is 2.86. The van der Waals surface area contributed by atoms with Gasteiger partial charge in [-0.1, -0.05) is 0 Å². The summed E-state index contributed by atoms with van der Waals surface area (Å²) in [6.07, 6.45) is 2.02. The summed E-state index contributed by atoms with van der Waals surface area (Å²) in [5.74, 6) is -0.988. The smallest absolute Gasteiger partial charge is 0.340 e. The highest BCUT2D eigenvalue weighted by Crippen LogP contribution is 2.42. The van der Waals surface area contributed by atoms with Gasteiger partial charge in [-0.15, -0.1) is 0 Å². The van der Waals surface area contributed by atoms with Crippen molar-refractivity contribution in [2.45, 2.75) is 31.0 Å². The molecule has 3 rings (SSSR count). The van der Waals surface area contributed by atoms with E-state index in [0.717, 1.165) is 18.4 Å². The highest BCUT2D eigenvalue weighted by atomic mass is 19.1. The maximum Gasteiger partial charge on any atom is 0.340 e. The number of halogens is 2. The van der Waals surface area contributed by atoms with Crippen LogP contribution < -0.4 is 5.32 Å². The van der Waals surface area contributed by atoms with Crippen molar-refractivity contribution in [3.8, 4) is 0 Å². The number of carbonyl (C=O) groups excluding carboxylic acids is 1. The Morgan fingerprint density at radius 1 is 1.41 bits per heavy atom. The first-order chi connectivity index (χ1) is 10.5. The van der Waals surface area contributed by atoms with Gasteiger partial charge in [-0.3, -0.25) is 0 Å². The average Bonchev–Trinajstić information content (AvgIpc) is 3.29. The maximum atomic E-state index is 14.0. The number of nitrogens with one attached hydrogen (secondary N) is 1. The Morgan fingerprint density at radius 2 is 2.14 bits per heavy atom. The lowest BCUT2D eigenvalue weighted by atomic mass is 9.99. The summed E-state index contributed by atoms with van der Waals surface area (Å²) in [7, 11) is 1.23. The maximum absolute atomic E-state index is 14.0. The van der Waals surface area contributed by atoms with Crippen molar-refractivity contribution in [1.29, 1.82) is 0 Å². The van der Waals surface area contributed by atoms with E-state index in [9.17, 15) is 13.6 Å². The third kappa shape index (κ3) is 3.13. The molecule has 1 N–H and O–H groups in total. The Balaban J connectivity index is 1.74. The molecule has 0 amide bonds. The molecule has 22 heavy (non-hydrogen) atoms. The Hall–Kier alpha value is -1.53. The minimum absolute atomic E-state index is 0.00945. The van der Waals surface area contributed by atoms with E-state index in [1.54, 1.807) is 6.07 Å². The average molecular weight is 311 g/mol. The fourth-order valence-electron chi connectivity index (χ4n) is 2.64. The molecule has 120 valence electrons. The summed E-state index contributed by atoms with van der Waals surface area (Å²) in [6, 6.07) is 2.86. The monoisotopic (exact) mass is 311 g/mol. The van der Waals surface area contributed by atoms with Crippen LogP contribution in [0, 0.1) is 5.82 Å². The zero-order valence-corrected chi connectivity index (χ0v) is 12.5. The molecule has 0 atom stereocenters. The molecule has 1 aromatic carbocycles. The Kier molecular flexibility index (Phi) is 4.14. The van der Waals surface area contributed by atoms with Crippen LogP contribution in [0.5, 0.6) is 0 Å². The fraction of sp³-hybridized carbons (Fsp3) is 0.562. The van der Waals surface area contributed by atoms with Crippen LogP contribution in [0.25, 0.3) is 0 Å². The molecular weight excluding hydrogens is 292 g/mol. The minimum Gasteiger partial charge on any atom is -0.465 e. The number of methoxy groups -OCH3 is 1. The lowest BCUT2D eigenvalue weighted by molar-refractivity contribution is -0.0238. The van der Waals surface area contributed by atoms with Crippen molar-refractivity contribution in [1.82, 2.24) is 5.32 Å². The normalized spacial score (nSPS) is 19.6. The van der Waals surface area contributed by atoms with Gasteiger partial charge in [0.2, 0.25) is 0 Å². The topological polar surface area (TPSA) is 47.6 Å². The van der Waals surface area contributed by atoms with Gasteiger partial charge in [-0.05, 0) is 42.0 Å². The highest BCUT2D eigenvalue weighted by Gasteiger charge is 2.37. The molecule has 4 nitrogen and oxygen atoms in total. The second kappa shape index (κ2) is 5.93. The van der Waals surface area contributed by atoms with Crippen LogP contribution >= 0.6 is 0 Å². The molecule has 0 spiro atoms. The lowest BCUT2D eigenvalue weighted by Crippen LogP contribution is -2.58. The van der Waals surface area contributed by atoms with Gasteiger partial charge < -0.3 is 14.8 Å². The van der Waals surface area contributed by atoms with E-state index in [0.29, 0.717) is 11.5 Å². The first kappa shape index (κ1) is 15.4. The number of alkyl halides is 1. The molecule has 1 aromatic rings. The minimum atomic E-state index is -1.32. The molecule has 6 heteroatoms. The van der Waals surface area contributed by atoms with E-state index in [2.05, 4.69) is 10.1 Å². The van der Waals surface area contributed by atoms with E-state index >= 15 is 0 Å².